The van der Waals surface area contributed by atoms with Crippen molar-refractivity contribution in [2.24, 2.45) is 0 Å². The molecule has 72 valence electrons. The fraction of sp³-hybridized carbons (Fsp3) is 0.400. The summed E-state index contributed by atoms with van der Waals surface area (Å²) in [6, 6.07) is 8.35. The Bertz CT molecular complexity index is 250. The number of thiol groups is 1. The van der Waals surface area contributed by atoms with Gasteiger partial charge in [0.1, 0.15) is 0 Å². The molecule has 1 rings (SSSR count). The Morgan fingerprint density at radius 1 is 1.23 bits per heavy atom. The van der Waals surface area contributed by atoms with Crippen LogP contribution in [0.25, 0.3) is 0 Å². The van der Waals surface area contributed by atoms with E-state index >= 15 is 0 Å². The van der Waals surface area contributed by atoms with E-state index in [2.05, 4.69) is 46.8 Å². The monoisotopic (exact) mass is 276 g/mol. The lowest BCUT2D eigenvalue weighted by Gasteiger charge is -2.02. The Morgan fingerprint density at radius 2 is 2.00 bits per heavy atom. The second kappa shape index (κ2) is 6.80. The molecule has 1 aromatic carbocycles. The molecular weight excluding hydrogens is 264 g/mol. The molecule has 0 unspecified atom stereocenters. The second-order valence-electron chi connectivity index (χ2n) is 2.71. The van der Waals surface area contributed by atoms with Gasteiger partial charge in [0, 0.05) is 9.37 Å². The van der Waals surface area contributed by atoms with Crippen LogP contribution in [0.4, 0.5) is 0 Å². The van der Waals surface area contributed by atoms with E-state index in [-0.39, 0.29) is 0 Å². The van der Waals surface area contributed by atoms with E-state index < -0.39 is 0 Å². The van der Waals surface area contributed by atoms with Gasteiger partial charge in [0.25, 0.3) is 0 Å². The Kier molecular flexibility index (Phi) is 6.00. The largest absolute Gasteiger partial charge is 0.179 e. The first-order valence-corrected chi connectivity index (χ1v) is 6.74. The summed E-state index contributed by atoms with van der Waals surface area (Å²) in [7, 11) is 0. The average molecular weight is 277 g/mol. The maximum atomic E-state index is 4.18. The van der Waals surface area contributed by atoms with Gasteiger partial charge >= 0.3 is 0 Å². The minimum atomic E-state index is 0.997. The van der Waals surface area contributed by atoms with Crippen LogP contribution in [0.1, 0.15) is 12.8 Å². The van der Waals surface area contributed by atoms with E-state index in [1.807, 2.05) is 17.8 Å². The van der Waals surface area contributed by atoms with Crippen LogP contribution in [0.2, 0.25) is 0 Å². The van der Waals surface area contributed by atoms with Crippen LogP contribution >= 0.6 is 40.3 Å². The smallest absolute Gasteiger partial charge is 0.0311 e. The fourth-order valence-electron chi connectivity index (χ4n) is 0.958. The number of hydrogen-bond acceptors (Lipinski definition) is 2. The highest BCUT2D eigenvalue weighted by Gasteiger charge is 1.97. The molecule has 0 heterocycles. The van der Waals surface area contributed by atoms with Gasteiger partial charge in [-0.15, -0.1) is 11.8 Å². The zero-order valence-corrected chi connectivity index (χ0v) is 10.7. The predicted molar refractivity (Wildman–Crippen MR) is 68.0 cm³/mol. The van der Waals surface area contributed by atoms with Crippen molar-refractivity contribution in [3.63, 3.8) is 0 Å². The lowest BCUT2D eigenvalue weighted by Crippen LogP contribution is -1.82. The summed E-state index contributed by atoms with van der Waals surface area (Å²) in [5.74, 6) is 2.18. The molecule has 0 spiro atoms. The van der Waals surface area contributed by atoms with Gasteiger partial charge in [-0.1, -0.05) is 12.1 Å². The highest BCUT2D eigenvalue weighted by molar-refractivity contribution is 9.10. The lowest BCUT2D eigenvalue weighted by atomic mass is 10.4. The van der Waals surface area contributed by atoms with Crippen molar-refractivity contribution < 1.29 is 0 Å². The maximum absolute atomic E-state index is 4.18. The molecule has 0 N–H and O–H groups in total. The normalized spacial score (nSPS) is 10.3. The molecule has 0 saturated carbocycles. The molecule has 0 atom stereocenters. The highest BCUT2D eigenvalue weighted by atomic mass is 79.9. The topological polar surface area (TPSA) is 0 Å². The van der Waals surface area contributed by atoms with Crippen LogP contribution in [-0.2, 0) is 0 Å². The molecule has 0 aliphatic rings. The van der Waals surface area contributed by atoms with E-state index in [4.69, 9.17) is 0 Å². The van der Waals surface area contributed by atoms with Gasteiger partial charge < -0.3 is 0 Å². The predicted octanol–water partition coefficient (Wildman–Crippen LogP) is 4.25. The third kappa shape index (κ3) is 4.43. The van der Waals surface area contributed by atoms with Crippen molar-refractivity contribution in [1.29, 1.82) is 0 Å². The molecule has 1 aromatic rings. The first kappa shape index (κ1) is 11.5. The number of unbranched alkanes of at least 4 members (excludes halogenated alkanes) is 1. The maximum Gasteiger partial charge on any atom is 0.0311 e. The summed E-state index contributed by atoms with van der Waals surface area (Å²) in [5, 5.41) is 0. The van der Waals surface area contributed by atoms with Crippen molar-refractivity contribution in [3.05, 3.63) is 28.7 Å². The van der Waals surface area contributed by atoms with E-state index in [9.17, 15) is 0 Å². The third-order valence-corrected chi connectivity index (χ3v) is 4.08. The molecule has 0 bridgehead atoms. The van der Waals surface area contributed by atoms with E-state index in [0.717, 1.165) is 5.75 Å². The van der Waals surface area contributed by atoms with Crippen molar-refractivity contribution >= 4 is 40.3 Å². The van der Waals surface area contributed by atoms with E-state index in [1.165, 1.54) is 28.0 Å². The lowest BCUT2D eigenvalue weighted by molar-refractivity contribution is 0.909. The van der Waals surface area contributed by atoms with Gasteiger partial charge in [0.15, 0.2) is 0 Å². The SMILES string of the molecule is SCCCCSc1ccccc1Br. The first-order chi connectivity index (χ1) is 6.34. The molecule has 0 saturated heterocycles. The Balaban J connectivity index is 2.32. The van der Waals surface area contributed by atoms with Crippen molar-refractivity contribution in [1.82, 2.24) is 0 Å². The quantitative estimate of drug-likeness (QED) is 0.477. The van der Waals surface area contributed by atoms with E-state index in [1.54, 1.807) is 0 Å². The molecule has 0 nitrogen and oxygen atoms in total. The molecule has 0 fully saturated rings. The Hall–Kier alpha value is 0.400. The first-order valence-electron chi connectivity index (χ1n) is 4.33. The zero-order valence-electron chi connectivity index (χ0n) is 7.37. The fourth-order valence-corrected chi connectivity index (χ4v) is 2.76. The van der Waals surface area contributed by atoms with E-state index in [0.29, 0.717) is 0 Å². The summed E-state index contributed by atoms with van der Waals surface area (Å²) in [5.41, 5.74) is 0. The number of hydrogen-bond donors (Lipinski definition) is 1. The number of benzene rings is 1. The highest BCUT2D eigenvalue weighted by Crippen LogP contribution is 2.27. The van der Waals surface area contributed by atoms with Crippen LogP contribution in [0.15, 0.2) is 33.6 Å². The summed E-state index contributed by atoms with van der Waals surface area (Å²) >= 11 is 9.62. The molecule has 13 heavy (non-hydrogen) atoms. The van der Waals surface area contributed by atoms with Crippen LogP contribution in [-0.4, -0.2) is 11.5 Å². The van der Waals surface area contributed by atoms with Crippen LogP contribution in [0.5, 0.6) is 0 Å². The minimum absolute atomic E-state index is 0.997. The third-order valence-electron chi connectivity index (χ3n) is 1.65. The van der Waals surface area contributed by atoms with Crippen molar-refractivity contribution in [2.45, 2.75) is 17.7 Å². The van der Waals surface area contributed by atoms with Gasteiger partial charge in [-0.3, -0.25) is 0 Å². The number of halogens is 1. The van der Waals surface area contributed by atoms with Gasteiger partial charge in [-0.2, -0.15) is 12.6 Å². The Morgan fingerprint density at radius 3 is 2.69 bits per heavy atom. The van der Waals surface area contributed by atoms with Crippen LogP contribution in [0.3, 0.4) is 0 Å². The summed E-state index contributed by atoms with van der Waals surface area (Å²) in [4.78, 5) is 1.33. The molecule has 0 aliphatic carbocycles. The average Bonchev–Trinajstić information content (AvgIpc) is 2.15. The molecule has 0 amide bonds. The second-order valence-corrected chi connectivity index (χ2v) is 5.15. The molecule has 0 aliphatic heterocycles. The van der Waals surface area contributed by atoms with Crippen LogP contribution < -0.4 is 0 Å². The summed E-state index contributed by atoms with van der Waals surface area (Å²) < 4.78 is 1.20. The van der Waals surface area contributed by atoms with Crippen molar-refractivity contribution in [3.8, 4) is 0 Å². The number of rotatable bonds is 5. The standard InChI is InChI=1S/C10H13BrS2/c11-9-5-1-2-6-10(9)13-8-4-3-7-12/h1-2,5-6,12H,3-4,7-8H2. The molecular formula is C10H13BrS2. The van der Waals surface area contributed by atoms with Gasteiger partial charge in [0.2, 0.25) is 0 Å². The van der Waals surface area contributed by atoms with Gasteiger partial charge in [-0.05, 0) is 52.4 Å². The molecule has 0 radical (unpaired) electrons. The Labute approximate surface area is 98.0 Å². The summed E-state index contributed by atoms with van der Waals surface area (Å²) in [6.45, 7) is 0. The molecule has 0 aromatic heterocycles. The van der Waals surface area contributed by atoms with Crippen molar-refractivity contribution in [2.75, 3.05) is 11.5 Å². The minimum Gasteiger partial charge on any atom is -0.179 e. The molecule has 3 heteroatoms. The van der Waals surface area contributed by atoms with Crippen LogP contribution in [0, 0.1) is 0 Å². The summed E-state index contributed by atoms with van der Waals surface area (Å²) in [6.07, 6.45) is 2.45. The zero-order chi connectivity index (χ0) is 9.52. The van der Waals surface area contributed by atoms with Gasteiger partial charge in [0.05, 0.1) is 0 Å². The number of thioether (sulfide) groups is 1. The van der Waals surface area contributed by atoms with Gasteiger partial charge in [-0.25, -0.2) is 0 Å².